The molecule has 0 spiro atoms. The molecule has 1 unspecified atom stereocenters. The lowest BCUT2D eigenvalue weighted by molar-refractivity contribution is 0.615. The quantitative estimate of drug-likeness (QED) is 0.639. The second kappa shape index (κ2) is 4.46. The van der Waals surface area contributed by atoms with Gasteiger partial charge in [0, 0.05) is 6.04 Å². The Labute approximate surface area is 75.3 Å². The standard InChI is InChI=1S/C11H19N/c1-3-9(2)7-10-5-4-6-11(12)8-10/h8,11H,2-7,12H2,1H3. The first-order chi connectivity index (χ1) is 5.72. The van der Waals surface area contributed by atoms with Crippen molar-refractivity contribution in [1.29, 1.82) is 0 Å². The molecule has 0 saturated carbocycles. The van der Waals surface area contributed by atoms with Crippen molar-refractivity contribution < 1.29 is 0 Å². The van der Waals surface area contributed by atoms with Crippen LogP contribution in [0, 0.1) is 0 Å². The number of hydrogen-bond donors (Lipinski definition) is 1. The molecule has 0 fully saturated rings. The zero-order valence-corrected chi connectivity index (χ0v) is 7.97. The highest BCUT2D eigenvalue weighted by atomic mass is 14.6. The fraction of sp³-hybridized carbons (Fsp3) is 0.636. The van der Waals surface area contributed by atoms with Gasteiger partial charge in [0.15, 0.2) is 0 Å². The van der Waals surface area contributed by atoms with Crippen LogP contribution in [0.15, 0.2) is 23.8 Å². The molecule has 0 aromatic heterocycles. The molecule has 0 heterocycles. The molecule has 1 atom stereocenters. The molecule has 2 N–H and O–H groups in total. The second-order valence-corrected chi connectivity index (χ2v) is 3.66. The van der Waals surface area contributed by atoms with Gasteiger partial charge in [-0.2, -0.15) is 0 Å². The molecule has 12 heavy (non-hydrogen) atoms. The van der Waals surface area contributed by atoms with Crippen LogP contribution in [0.4, 0.5) is 0 Å². The number of allylic oxidation sites excluding steroid dienone is 2. The topological polar surface area (TPSA) is 26.0 Å². The van der Waals surface area contributed by atoms with Crippen molar-refractivity contribution in [1.82, 2.24) is 0 Å². The van der Waals surface area contributed by atoms with Gasteiger partial charge in [-0.15, -0.1) is 0 Å². The summed E-state index contributed by atoms with van der Waals surface area (Å²) in [5, 5.41) is 0. The van der Waals surface area contributed by atoms with E-state index < -0.39 is 0 Å². The lowest BCUT2D eigenvalue weighted by Gasteiger charge is -2.18. The van der Waals surface area contributed by atoms with Crippen LogP contribution < -0.4 is 5.73 Å². The molecule has 1 nitrogen and oxygen atoms in total. The van der Waals surface area contributed by atoms with Gasteiger partial charge in [-0.1, -0.05) is 30.7 Å². The van der Waals surface area contributed by atoms with Crippen LogP contribution >= 0.6 is 0 Å². The van der Waals surface area contributed by atoms with E-state index in [9.17, 15) is 0 Å². The molecular weight excluding hydrogens is 146 g/mol. The first-order valence-electron chi connectivity index (χ1n) is 4.84. The Bertz CT molecular complexity index is 191. The van der Waals surface area contributed by atoms with Gasteiger partial charge in [0.1, 0.15) is 0 Å². The van der Waals surface area contributed by atoms with Gasteiger partial charge in [0.25, 0.3) is 0 Å². The molecule has 0 bridgehead atoms. The van der Waals surface area contributed by atoms with E-state index in [1.807, 2.05) is 0 Å². The third-order valence-electron chi connectivity index (χ3n) is 2.46. The van der Waals surface area contributed by atoms with Gasteiger partial charge in [0.05, 0.1) is 0 Å². The third-order valence-corrected chi connectivity index (χ3v) is 2.46. The average Bonchev–Trinajstić information content (AvgIpc) is 2.04. The zero-order chi connectivity index (χ0) is 8.97. The van der Waals surface area contributed by atoms with Crippen molar-refractivity contribution in [2.75, 3.05) is 0 Å². The molecular formula is C11H19N. The lowest BCUT2D eigenvalue weighted by Crippen LogP contribution is -2.20. The molecule has 1 aliphatic rings. The van der Waals surface area contributed by atoms with Gasteiger partial charge in [0.2, 0.25) is 0 Å². The molecule has 1 heteroatoms. The van der Waals surface area contributed by atoms with Crippen molar-refractivity contribution in [2.45, 2.75) is 45.1 Å². The molecule has 0 amide bonds. The highest BCUT2D eigenvalue weighted by molar-refractivity contribution is 5.17. The molecule has 68 valence electrons. The zero-order valence-electron chi connectivity index (χ0n) is 7.97. The van der Waals surface area contributed by atoms with E-state index in [1.54, 1.807) is 0 Å². The first kappa shape index (κ1) is 9.53. The lowest BCUT2D eigenvalue weighted by atomic mass is 9.91. The van der Waals surface area contributed by atoms with Crippen molar-refractivity contribution >= 4 is 0 Å². The molecule has 1 aliphatic carbocycles. The summed E-state index contributed by atoms with van der Waals surface area (Å²) in [5.74, 6) is 0. The van der Waals surface area contributed by atoms with Crippen LogP contribution in [-0.2, 0) is 0 Å². The van der Waals surface area contributed by atoms with Gasteiger partial charge in [-0.3, -0.25) is 0 Å². The van der Waals surface area contributed by atoms with Crippen LogP contribution in [0.1, 0.15) is 39.0 Å². The molecule has 0 radical (unpaired) electrons. The minimum atomic E-state index is 0.304. The number of rotatable bonds is 3. The van der Waals surface area contributed by atoms with E-state index in [-0.39, 0.29) is 0 Å². The number of nitrogens with two attached hydrogens (primary N) is 1. The van der Waals surface area contributed by atoms with Crippen molar-refractivity contribution in [3.63, 3.8) is 0 Å². The molecule has 0 aliphatic heterocycles. The van der Waals surface area contributed by atoms with Crippen molar-refractivity contribution in [3.05, 3.63) is 23.8 Å². The van der Waals surface area contributed by atoms with Gasteiger partial charge in [-0.05, 0) is 32.1 Å². The minimum Gasteiger partial charge on any atom is -0.324 e. The smallest absolute Gasteiger partial charge is 0.0226 e. The Balaban J connectivity index is 2.45. The second-order valence-electron chi connectivity index (χ2n) is 3.66. The Hall–Kier alpha value is -0.560. The number of hydrogen-bond acceptors (Lipinski definition) is 1. The summed E-state index contributed by atoms with van der Waals surface area (Å²) in [6.45, 7) is 6.17. The van der Waals surface area contributed by atoms with Gasteiger partial charge < -0.3 is 5.73 Å². The summed E-state index contributed by atoms with van der Waals surface area (Å²) in [6, 6.07) is 0.304. The fourth-order valence-electron chi connectivity index (χ4n) is 1.63. The largest absolute Gasteiger partial charge is 0.324 e. The maximum atomic E-state index is 5.84. The normalized spacial score (nSPS) is 23.5. The SMILES string of the molecule is C=C(CC)CC1=CC(N)CCC1. The third kappa shape index (κ3) is 2.82. The van der Waals surface area contributed by atoms with E-state index in [0.717, 1.165) is 19.3 Å². The Kier molecular flexibility index (Phi) is 3.54. The van der Waals surface area contributed by atoms with Crippen LogP contribution in [0.25, 0.3) is 0 Å². The summed E-state index contributed by atoms with van der Waals surface area (Å²) in [6.07, 6.45) is 8.03. The van der Waals surface area contributed by atoms with Gasteiger partial charge in [-0.25, -0.2) is 0 Å². The molecule has 0 aromatic rings. The summed E-state index contributed by atoms with van der Waals surface area (Å²) in [7, 11) is 0. The average molecular weight is 165 g/mol. The molecule has 0 saturated heterocycles. The molecule has 0 aromatic carbocycles. The van der Waals surface area contributed by atoms with E-state index >= 15 is 0 Å². The van der Waals surface area contributed by atoms with E-state index in [1.165, 1.54) is 24.0 Å². The van der Waals surface area contributed by atoms with Gasteiger partial charge >= 0.3 is 0 Å². The Morgan fingerprint density at radius 1 is 1.75 bits per heavy atom. The maximum Gasteiger partial charge on any atom is 0.0226 e. The molecule has 1 rings (SSSR count). The maximum absolute atomic E-state index is 5.84. The van der Waals surface area contributed by atoms with E-state index in [2.05, 4.69) is 19.6 Å². The summed E-state index contributed by atoms with van der Waals surface area (Å²) >= 11 is 0. The highest BCUT2D eigenvalue weighted by Gasteiger charge is 2.09. The summed E-state index contributed by atoms with van der Waals surface area (Å²) < 4.78 is 0. The van der Waals surface area contributed by atoms with Crippen LogP contribution in [0.3, 0.4) is 0 Å². The van der Waals surface area contributed by atoms with E-state index in [0.29, 0.717) is 6.04 Å². The Morgan fingerprint density at radius 3 is 3.08 bits per heavy atom. The van der Waals surface area contributed by atoms with Crippen molar-refractivity contribution in [3.8, 4) is 0 Å². The predicted molar refractivity (Wildman–Crippen MR) is 54.0 cm³/mol. The first-order valence-corrected chi connectivity index (χ1v) is 4.84. The minimum absolute atomic E-state index is 0.304. The monoisotopic (exact) mass is 165 g/mol. The van der Waals surface area contributed by atoms with Crippen LogP contribution in [-0.4, -0.2) is 6.04 Å². The highest BCUT2D eigenvalue weighted by Crippen LogP contribution is 2.23. The predicted octanol–water partition coefficient (Wildman–Crippen LogP) is 2.78. The van der Waals surface area contributed by atoms with Crippen molar-refractivity contribution in [2.24, 2.45) is 5.73 Å². The van der Waals surface area contributed by atoms with Crippen LogP contribution in [0.2, 0.25) is 0 Å². The Morgan fingerprint density at radius 2 is 2.50 bits per heavy atom. The fourth-order valence-corrected chi connectivity index (χ4v) is 1.63. The van der Waals surface area contributed by atoms with E-state index in [4.69, 9.17) is 5.73 Å². The summed E-state index contributed by atoms with van der Waals surface area (Å²) in [5.41, 5.74) is 8.67. The van der Waals surface area contributed by atoms with Crippen LogP contribution in [0.5, 0.6) is 0 Å². The summed E-state index contributed by atoms with van der Waals surface area (Å²) in [4.78, 5) is 0.